The molecule has 0 saturated heterocycles. The number of hydrogen-bond donors (Lipinski definition) is 0. The van der Waals surface area contributed by atoms with E-state index >= 15 is 0 Å². The average molecular weight is 569 g/mol. The summed E-state index contributed by atoms with van der Waals surface area (Å²) in [6, 6.07) is 0. The lowest BCUT2D eigenvalue weighted by Gasteiger charge is -2.03. The second-order valence-electron chi connectivity index (χ2n) is 9.58. The molecule has 0 unspecified atom stereocenters. The lowest BCUT2D eigenvalue weighted by Crippen LogP contribution is -2.06. The fraction of sp³-hybridized carbons (Fsp3) is 0.750. The highest BCUT2D eigenvalue weighted by atomic mass is 16.5. The van der Waals surface area contributed by atoms with Crippen LogP contribution < -0.4 is 0 Å². The number of carbonyl (C=O) groups excluding carboxylic acids is 4. The minimum atomic E-state index is -0.499. The number of hydrogen-bond acceptors (Lipinski definition) is 8. The van der Waals surface area contributed by atoms with Gasteiger partial charge in [-0.05, 0) is 25.7 Å². The van der Waals surface area contributed by atoms with Crippen LogP contribution in [0, 0.1) is 0 Å². The molecular formula is C32H56O8. The zero-order valence-corrected chi connectivity index (χ0v) is 25.7. The number of ether oxygens (including phenoxy) is 4. The molecule has 0 aliphatic rings. The van der Waals surface area contributed by atoms with Gasteiger partial charge < -0.3 is 18.9 Å². The molecule has 0 fully saturated rings. The van der Waals surface area contributed by atoms with E-state index in [-0.39, 0.29) is 0 Å². The highest BCUT2D eigenvalue weighted by Crippen LogP contribution is 2.06. The van der Waals surface area contributed by atoms with Crippen molar-refractivity contribution in [1.82, 2.24) is 0 Å². The molecule has 0 heterocycles. The van der Waals surface area contributed by atoms with Gasteiger partial charge in [-0.15, -0.1) is 0 Å². The zero-order chi connectivity index (χ0) is 30.1. The molecule has 232 valence electrons. The minimum Gasteiger partial charge on any atom is -0.463 e. The van der Waals surface area contributed by atoms with E-state index in [1.54, 1.807) is 0 Å². The van der Waals surface area contributed by atoms with Crippen LogP contribution in [0.15, 0.2) is 24.3 Å². The van der Waals surface area contributed by atoms with Crippen LogP contribution in [0.1, 0.15) is 130 Å². The van der Waals surface area contributed by atoms with E-state index in [1.165, 1.54) is 51.4 Å². The first kappa shape index (κ1) is 39.5. The van der Waals surface area contributed by atoms with Crippen molar-refractivity contribution in [2.45, 2.75) is 130 Å². The Morgan fingerprint density at radius 3 is 0.850 bits per heavy atom. The fourth-order valence-corrected chi connectivity index (χ4v) is 3.21. The van der Waals surface area contributed by atoms with Gasteiger partial charge in [-0.1, -0.05) is 105 Å². The van der Waals surface area contributed by atoms with Crippen molar-refractivity contribution in [1.29, 1.82) is 0 Å². The van der Waals surface area contributed by atoms with Crippen molar-refractivity contribution < 1.29 is 38.1 Å². The first-order valence-corrected chi connectivity index (χ1v) is 15.4. The van der Waals surface area contributed by atoms with Crippen molar-refractivity contribution in [2.75, 3.05) is 26.4 Å². The second-order valence-corrected chi connectivity index (χ2v) is 9.58. The molecule has 0 aliphatic carbocycles. The molecule has 0 atom stereocenters. The van der Waals surface area contributed by atoms with E-state index in [0.29, 0.717) is 26.4 Å². The SMILES string of the molecule is CCCCCCCCOC(=O)C=CC(=O)OCCCCCCCC.CCCCOC(=O)C=CC(=O)OCCCC. The Hall–Kier alpha value is -2.64. The van der Waals surface area contributed by atoms with E-state index in [0.717, 1.165) is 75.7 Å². The van der Waals surface area contributed by atoms with Crippen LogP contribution >= 0.6 is 0 Å². The molecule has 0 amide bonds. The summed E-state index contributed by atoms with van der Waals surface area (Å²) in [5, 5.41) is 0. The summed E-state index contributed by atoms with van der Waals surface area (Å²) >= 11 is 0. The maximum absolute atomic E-state index is 11.4. The predicted molar refractivity (Wildman–Crippen MR) is 159 cm³/mol. The van der Waals surface area contributed by atoms with Gasteiger partial charge in [0.25, 0.3) is 0 Å². The highest BCUT2D eigenvalue weighted by molar-refractivity contribution is 5.92. The number of esters is 4. The van der Waals surface area contributed by atoms with Crippen molar-refractivity contribution >= 4 is 23.9 Å². The molecule has 0 rings (SSSR count). The first-order chi connectivity index (χ1) is 19.4. The smallest absolute Gasteiger partial charge is 0.331 e. The van der Waals surface area contributed by atoms with Gasteiger partial charge in [-0.2, -0.15) is 0 Å². The zero-order valence-electron chi connectivity index (χ0n) is 25.7. The minimum absolute atomic E-state index is 0.393. The van der Waals surface area contributed by atoms with Crippen LogP contribution in [0.3, 0.4) is 0 Å². The average Bonchev–Trinajstić information content (AvgIpc) is 2.94. The Morgan fingerprint density at radius 2 is 0.575 bits per heavy atom. The summed E-state index contributed by atoms with van der Waals surface area (Å²) in [6.07, 6.45) is 21.9. The molecular weight excluding hydrogens is 512 g/mol. The summed E-state index contributed by atoms with van der Waals surface area (Å²) in [4.78, 5) is 45.0. The topological polar surface area (TPSA) is 105 Å². The van der Waals surface area contributed by atoms with E-state index in [9.17, 15) is 19.2 Å². The lowest BCUT2D eigenvalue weighted by molar-refractivity contribution is -0.140. The van der Waals surface area contributed by atoms with E-state index in [1.807, 2.05) is 13.8 Å². The molecule has 0 aromatic heterocycles. The quantitative estimate of drug-likeness (QED) is 0.0508. The van der Waals surface area contributed by atoms with Crippen molar-refractivity contribution in [2.24, 2.45) is 0 Å². The molecule has 8 heteroatoms. The largest absolute Gasteiger partial charge is 0.463 e. The van der Waals surface area contributed by atoms with Crippen molar-refractivity contribution in [3.63, 3.8) is 0 Å². The molecule has 0 bridgehead atoms. The Balaban J connectivity index is 0. The van der Waals surface area contributed by atoms with Gasteiger partial charge >= 0.3 is 23.9 Å². The molecule has 8 nitrogen and oxygen atoms in total. The van der Waals surface area contributed by atoms with Crippen LogP contribution in [0.5, 0.6) is 0 Å². The maximum atomic E-state index is 11.4. The third kappa shape index (κ3) is 33.4. The van der Waals surface area contributed by atoms with Gasteiger partial charge in [0.05, 0.1) is 26.4 Å². The summed E-state index contributed by atoms with van der Waals surface area (Å²) in [5.74, 6) is -1.94. The van der Waals surface area contributed by atoms with Gasteiger partial charge in [0, 0.05) is 24.3 Å². The molecule has 0 radical (unpaired) electrons. The van der Waals surface area contributed by atoms with Gasteiger partial charge in [-0.25, -0.2) is 19.2 Å². The summed E-state index contributed by atoms with van der Waals surface area (Å²) in [5.41, 5.74) is 0. The van der Waals surface area contributed by atoms with Crippen molar-refractivity contribution in [3.05, 3.63) is 24.3 Å². The Labute approximate surface area is 243 Å². The fourth-order valence-electron chi connectivity index (χ4n) is 3.21. The van der Waals surface area contributed by atoms with E-state index < -0.39 is 23.9 Å². The van der Waals surface area contributed by atoms with Crippen LogP contribution in [0.25, 0.3) is 0 Å². The standard InChI is InChI=1S/C20H36O4.C12H20O4/c1-3-5-7-9-11-13-17-23-19(21)15-16-20(22)24-18-14-12-10-8-6-4-2;1-3-5-9-15-11(13)7-8-12(14)16-10-6-4-2/h15-16H,3-14,17-18H2,1-2H3;7-8H,3-6,9-10H2,1-2H3. The van der Waals surface area contributed by atoms with Gasteiger partial charge in [0.2, 0.25) is 0 Å². The molecule has 40 heavy (non-hydrogen) atoms. The third-order valence-corrected chi connectivity index (χ3v) is 5.68. The monoisotopic (exact) mass is 568 g/mol. The molecule has 0 aliphatic heterocycles. The lowest BCUT2D eigenvalue weighted by atomic mass is 10.1. The van der Waals surface area contributed by atoms with Gasteiger partial charge in [-0.3, -0.25) is 0 Å². The van der Waals surface area contributed by atoms with E-state index in [2.05, 4.69) is 13.8 Å². The molecule has 0 aromatic carbocycles. The number of carbonyl (C=O) groups is 4. The van der Waals surface area contributed by atoms with Crippen LogP contribution in [-0.4, -0.2) is 50.3 Å². The molecule has 0 aromatic rings. The third-order valence-electron chi connectivity index (χ3n) is 5.68. The Kier molecular flexibility index (Phi) is 32.2. The first-order valence-electron chi connectivity index (χ1n) is 15.4. The van der Waals surface area contributed by atoms with E-state index in [4.69, 9.17) is 18.9 Å². The second kappa shape index (κ2) is 32.6. The summed E-state index contributed by atoms with van der Waals surface area (Å²) in [6.45, 7) is 10.0. The van der Waals surface area contributed by atoms with Crippen molar-refractivity contribution in [3.8, 4) is 0 Å². The summed E-state index contributed by atoms with van der Waals surface area (Å²) in [7, 11) is 0. The maximum Gasteiger partial charge on any atom is 0.331 e. The molecule has 0 saturated carbocycles. The van der Waals surface area contributed by atoms with Crippen LogP contribution in [0.4, 0.5) is 0 Å². The Morgan fingerprint density at radius 1 is 0.350 bits per heavy atom. The normalized spacial score (nSPS) is 10.7. The predicted octanol–water partition coefficient (Wildman–Crippen LogP) is 7.58. The highest BCUT2D eigenvalue weighted by Gasteiger charge is 2.02. The number of unbranched alkanes of at least 4 members (excludes halogenated alkanes) is 12. The molecule has 0 N–H and O–H groups in total. The number of rotatable bonds is 24. The molecule has 0 spiro atoms. The van der Waals surface area contributed by atoms with Gasteiger partial charge in [0.1, 0.15) is 0 Å². The summed E-state index contributed by atoms with van der Waals surface area (Å²) < 4.78 is 19.7. The van der Waals surface area contributed by atoms with Crippen LogP contribution in [0.2, 0.25) is 0 Å². The van der Waals surface area contributed by atoms with Gasteiger partial charge in [0.15, 0.2) is 0 Å². The van der Waals surface area contributed by atoms with Crippen LogP contribution in [-0.2, 0) is 38.1 Å². The Bertz CT molecular complexity index is 628.